The number of aryl methyl sites for hydroxylation is 2. The van der Waals surface area contributed by atoms with E-state index >= 15 is 0 Å². The maximum absolute atomic E-state index is 11.3. The van der Waals surface area contributed by atoms with Gasteiger partial charge in [-0.15, -0.1) is 0 Å². The molecule has 0 radical (unpaired) electrons. The van der Waals surface area contributed by atoms with Crippen molar-refractivity contribution in [1.29, 1.82) is 0 Å². The Morgan fingerprint density at radius 2 is 1.65 bits per heavy atom. The molecule has 0 aliphatic rings. The molecule has 0 bridgehead atoms. The van der Waals surface area contributed by atoms with Crippen molar-refractivity contribution in [3.63, 3.8) is 0 Å². The number of hydrogen-bond donors (Lipinski definition) is 1. The first kappa shape index (κ1) is 15.0. The van der Waals surface area contributed by atoms with E-state index in [0.717, 1.165) is 36.5 Å². The van der Waals surface area contributed by atoms with Crippen LogP contribution in [0.4, 0.5) is 0 Å². The summed E-state index contributed by atoms with van der Waals surface area (Å²) in [5, 5.41) is 1.95. The molecule has 0 aromatic heterocycles. The number of benzene rings is 2. The molecule has 108 valence electrons. The van der Waals surface area contributed by atoms with E-state index in [0.29, 0.717) is 0 Å². The molecule has 0 unspecified atom stereocenters. The van der Waals surface area contributed by atoms with Crippen molar-refractivity contribution in [3.05, 3.63) is 41.5 Å². The number of rotatable bonds is 5. The van der Waals surface area contributed by atoms with Crippen molar-refractivity contribution >= 4 is 20.9 Å². The van der Waals surface area contributed by atoms with E-state index < -0.39 is 10.1 Å². The van der Waals surface area contributed by atoms with Crippen molar-refractivity contribution < 1.29 is 13.0 Å². The molecule has 0 heterocycles. The molecule has 0 amide bonds. The fourth-order valence-electron chi connectivity index (χ4n) is 2.62. The van der Waals surface area contributed by atoms with Crippen molar-refractivity contribution in [2.75, 3.05) is 0 Å². The summed E-state index contributed by atoms with van der Waals surface area (Å²) in [5.41, 5.74) is 2.48. The van der Waals surface area contributed by atoms with Gasteiger partial charge in [0.25, 0.3) is 10.1 Å². The third-order valence-corrected chi connectivity index (χ3v) is 4.37. The fraction of sp³-hybridized carbons (Fsp3) is 0.375. The topological polar surface area (TPSA) is 54.4 Å². The van der Waals surface area contributed by atoms with Gasteiger partial charge in [-0.25, -0.2) is 0 Å². The van der Waals surface area contributed by atoms with Gasteiger partial charge in [0.2, 0.25) is 0 Å². The summed E-state index contributed by atoms with van der Waals surface area (Å²) in [5.74, 6) is 0. The quantitative estimate of drug-likeness (QED) is 0.848. The van der Waals surface area contributed by atoms with Gasteiger partial charge in [0, 0.05) is 0 Å². The van der Waals surface area contributed by atoms with Gasteiger partial charge in [0.05, 0.1) is 4.90 Å². The Balaban J connectivity index is 2.72. The van der Waals surface area contributed by atoms with Crippen LogP contribution < -0.4 is 0 Å². The largest absolute Gasteiger partial charge is 0.294 e. The number of fused-ring (bicyclic) bond motifs is 1. The molecule has 1 N–H and O–H groups in total. The standard InChI is InChI=1S/C16H20O3S/c1-3-5-12-7-8-13-9-10-14(20(17,18)19)11-16(13)15(12)6-4-2/h7-11H,3-6H2,1-2H3,(H,17,18,19). The summed E-state index contributed by atoms with van der Waals surface area (Å²) in [7, 11) is -4.15. The Bertz CT molecular complexity index is 718. The summed E-state index contributed by atoms with van der Waals surface area (Å²) in [6, 6.07) is 8.95. The van der Waals surface area contributed by atoms with E-state index in [4.69, 9.17) is 0 Å². The third kappa shape index (κ3) is 3.02. The monoisotopic (exact) mass is 292 g/mol. The van der Waals surface area contributed by atoms with Crippen molar-refractivity contribution in [2.45, 2.75) is 44.4 Å². The molecule has 4 heteroatoms. The average Bonchev–Trinajstić information content (AvgIpc) is 2.40. The van der Waals surface area contributed by atoms with Crippen LogP contribution in [-0.4, -0.2) is 13.0 Å². The van der Waals surface area contributed by atoms with E-state index in [1.807, 2.05) is 6.07 Å². The van der Waals surface area contributed by atoms with Gasteiger partial charge in [-0.2, -0.15) is 8.42 Å². The highest BCUT2D eigenvalue weighted by atomic mass is 32.2. The molecule has 2 aromatic rings. The van der Waals surface area contributed by atoms with Gasteiger partial charge in [0.1, 0.15) is 0 Å². The fourth-order valence-corrected chi connectivity index (χ4v) is 3.12. The van der Waals surface area contributed by atoms with Crippen LogP contribution in [0.25, 0.3) is 10.8 Å². The van der Waals surface area contributed by atoms with Crippen LogP contribution >= 0.6 is 0 Å². The summed E-state index contributed by atoms with van der Waals surface area (Å²) >= 11 is 0. The molecule has 0 saturated carbocycles. The van der Waals surface area contributed by atoms with Crippen LogP contribution in [-0.2, 0) is 23.0 Å². The molecular formula is C16H20O3S. The summed E-state index contributed by atoms with van der Waals surface area (Å²) < 4.78 is 31.8. The normalized spacial score (nSPS) is 11.9. The predicted octanol–water partition coefficient (Wildman–Crippen LogP) is 3.99. The van der Waals surface area contributed by atoms with E-state index in [1.54, 1.807) is 12.1 Å². The highest BCUT2D eigenvalue weighted by Crippen LogP contribution is 2.27. The Hall–Kier alpha value is -1.39. The van der Waals surface area contributed by atoms with Crippen LogP contribution in [0.1, 0.15) is 37.8 Å². The van der Waals surface area contributed by atoms with Crippen LogP contribution in [0.2, 0.25) is 0 Å². The Kier molecular flexibility index (Phi) is 4.45. The first-order valence-corrected chi connectivity index (χ1v) is 8.43. The molecule has 0 aliphatic heterocycles. The van der Waals surface area contributed by atoms with Crippen LogP contribution in [0.3, 0.4) is 0 Å². The van der Waals surface area contributed by atoms with Crippen LogP contribution in [0.15, 0.2) is 35.2 Å². The lowest BCUT2D eigenvalue weighted by molar-refractivity contribution is 0.483. The van der Waals surface area contributed by atoms with Crippen LogP contribution in [0.5, 0.6) is 0 Å². The highest BCUT2D eigenvalue weighted by molar-refractivity contribution is 7.85. The van der Waals surface area contributed by atoms with E-state index in [-0.39, 0.29) is 4.90 Å². The second-order valence-electron chi connectivity index (χ2n) is 5.06. The lowest BCUT2D eigenvalue weighted by Crippen LogP contribution is -2.00. The number of hydrogen-bond acceptors (Lipinski definition) is 2. The van der Waals surface area contributed by atoms with Gasteiger partial charge in [-0.1, -0.05) is 44.9 Å². The van der Waals surface area contributed by atoms with Crippen molar-refractivity contribution in [3.8, 4) is 0 Å². The van der Waals surface area contributed by atoms with Crippen molar-refractivity contribution in [2.24, 2.45) is 0 Å². The predicted molar refractivity (Wildman–Crippen MR) is 81.8 cm³/mol. The first-order chi connectivity index (χ1) is 9.47. The Labute approximate surface area is 120 Å². The van der Waals surface area contributed by atoms with Gasteiger partial charge in [-0.05, 0) is 46.9 Å². The second kappa shape index (κ2) is 5.94. The van der Waals surface area contributed by atoms with E-state index in [1.165, 1.54) is 17.2 Å². The highest BCUT2D eigenvalue weighted by Gasteiger charge is 2.13. The molecule has 0 spiro atoms. The zero-order valence-corrected chi connectivity index (χ0v) is 12.7. The van der Waals surface area contributed by atoms with Gasteiger partial charge >= 0.3 is 0 Å². The maximum Gasteiger partial charge on any atom is 0.294 e. The maximum atomic E-state index is 11.3. The summed E-state index contributed by atoms with van der Waals surface area (Å²) in [6.07, 6.45) is 3.97. The second-order valence-corrected chi connectivity index (χ2v) is 6.48. The zero-order chi connectivity index (χ0) is 14.8. The Morgan fingerprint density at radius 3 is 2.25 bits per heavy atom. The SMILES string of the molecule is CCCc1ccc2ccc(S(=O)(=O)O)cc2c1CCC. The van der Waals surface area contributed by atoms with Gasteiger partial charge < -0.3 is 0 Å². The smallest absolute Gasteiger partial charge is 0.282 e. The average molecular weight is 292 g/mol. The van der Waals surface area contributed by atoms with Gasteiger partial charge in [-0.3, -0.25) is 4.55 Å². The molecule has 0 saturated heterocycles. The lowest BCUT2D eigenvalue weighted by Gasteiger charge is -2.13. The first-order valence-electron chi connectivity index (χ1n) is 6.99. The molecule has 0 aliphatic carbocycles. The molecule has 0 fully saturated rings. The van der Waals surface area contributed by atoms with E-state index in [2.05, 4.69) is 19.9 Å². The molecule has 2 aromatic carbocycles. The van der Waals surface area contributed by atoms with Gasteiger partial charge in [0.15, 0.2) is 0 Å². The van der Waals surface area contributed by atoms with Crippen LogP contribution in [0, 0.1) is 0 Å². The minimum atomic E-state index is -4.15. The molecule has 0 atom stereocenters. The molecular weight excluding hydrogens is 272 g/mol. The molecule has 20 heavy (non-hydrogen) atoms. The van der Waals surface area contributed by atoms with E-state index in [9.17, 15) is 13.0 Å². The third-order valence-electron chi connectivity index (χ3n) is 3.52. The summed E-state index contributed by atoms with van der Waals surface area (Å²) in [6.45, 7) is 4.25. The lowest BCUT2D eigenvalue weighted by atomic mass is 9.93. The molecule has 2 rings (SSSR count). The minimum Gasteiger partial charge on any atom is -0.282 e. The van der Waals surface area contributed by atoms with Crippen molar-refractivity contribution in [1.82, 2.24) is 0 Å². The molecule has 3 nitrogen and oxygen atoms in total. The zero-order valence-electron chi connectivity index (χ0n) is 11.9. The minimum absolute atomic E-state index is 0.0315. The Morgan fingerprint density at radius 1 is 1.00 bits per heavy atom. The summed E-state index contributed by atoms with van der Waals surface area (Å²) in [4.78, 5) is -0.0315.